The number of amides is 1. The lowest BCUT2D eigenvalue weighted by Gasteiger charge is -2.40. The summed E-state index contributed by atoms with van der Waals surface area (Å²) in [7, 11) is 0. The first kappa shape index (κ1) is 16.7. The zero-order chi connectivity index (χ0) is 17.1. The predicted molar refractivity (Wildman–Crippen MR) is 98.2 cm³/mol. The summed E-state index contributed by atoms with van der Waals surface area (Å²) < 4.78 is 0. The Balaban J connectivity index is 1.36. The van der Waals surface area contributed by atoms with Gasteiger partial charge in [0.15, 0.2) is 0 Å². The van der Waals surface area contributed by atoms with Crippen LogP contribution in [0.15, 0.2) is 36.0 Å². The van der Waals surface area contributed by atoms with Gasteiger partial charge < -0.3 is 4.90 Å². The van der Waals surface area contributed by atoms with Crippen molar-refractivity contribution in [3.8, 4) is 0 Å². The van der Waals surface area contributed by atoms with E-state index in [0.29, 0.717) is 6.42 Å². The lowest BCUT2D eigenvalue weighted by atomic mass is 9.79. The molecule has 2 aliphatic rings. The van der Waals surface area contributed by atoms with Crippen molar-refractivity contribution >= 4 is 17.2 Å². The number of rotatable bonds is 4. The van der Waals surface area contributed by atoms with Crippen molar-refractivity contribution in [1.29, 1.82) is 0 Å². The fourth-order valence-electron chi connectivity index (χ4n) is 4.22. The van der Waals surface area contributed by atoms with Gasteiger partial charge in [0.05, 0.1) is 13.0 Å². The standard InChI is InChI=1S/C19H24N4OS/c24-18(12-16-4-1-2-7-20-16)23-10-6-19(15-23)5-3-9-22(14-19)13-17-21-8-11-25-17/h1-2,4,7-8,11H,3,5-6,9-10,12-15H2/t19-/m0/s1. The molecule has 5 nitrogen and oxygen atoms in total. The second kappa shape index (κ2) is 7.22. The van der Waals surface area contributed by atoms with E-state index in [2.05, 4.69) is 19.8 Å². The second-order valence-electron chi connectivity index (χ2n) is 7.30. The van der Waals surface area contributed by atoms with Crippen LogP contribution >= 0.6 is 11.3 Å². The number of hydrogen-bond acceptors (Lipinski definition) is 5. The Morgan fingerprint density at radius 2 is 2.12 bits per heavy atom. The number of carbonyl (C=O) groups excluding carboxylic acids is 1. The number of aromatic nitrogens is 2. The van der Waals surface area contributed by atoms with Crippen LogP contribution in [-0.4, -0.2) is 51.9 Å². The van der Waals surface area contributed by atoms with Crippen molar-refractivity contribution in [1.82, 2.24) is 19.8 Å². The molecule has 4 heterocycles. The second-order valence-corrected chi connectivity index (χ2v) is 8.28. The lowest BCUT2D eigenvalue weighted by Crippen LogP contribution is -2.45. The Kier molecular flexibility index (Phi) is 4.81. The summed E-state index contributed by atoms with van der Waals surface area (Å²) in [4.78, 5) is 25.9. The third kappa shape index (κ3) is 3.90. The van der Waals surface area contributed by atoms with Crippen LogP contribution in [-0.2, 0) is 17.8 Å². The molecule has 0 bridgehead atoms. The minimum absolute atomic E-state index is 0.215. The molecule has 0 saturated carbocycles. The number of carbonyl (C=O) groups is 1. The Morgan fingerprint density at radius 3 is 2.92 bits per heavy atom. The van der Waals surface area contributed by atoms with Crippen molar-refractivity contribution in [2.45, 2.75) is 32.2 Å². The molecule has 2 saturated heterocycles. The van der Waals surface area contributed by atoms with Gasteiger partial charge >= 0.3 is 0 Å². The van der Waals surface area contributed by atoms with E-state index in [1.165, 1.54) is 17.8 Å². The minimum Gasteiger partial charge on any atom is -0.342 e. The van der Waals surface area contributed by atoms with E-state index in [0.717, 1.165) is 44.8 Å². The number of nitrogens with zero attached hydrogens (tertiary/aromatic N) is 4. The Labute approximate surface area is 152 Å². The lowest BCUT2D eigenvalue weighted by molar-refractivity contribution is -0.130. The highest BCUT2D eigenvalue weighted by atomic mass is 32.1. The Morgan fingerprint density at radius 1 is 1.16 bits per heavy atom. The summed E-state index contributed by atoms with van der Waals surface area (Å²) >= 11 is 1.73. The van der Waals surface area contributed by atoms with Gasteiger partial charge in [-0.2, -0.15) is 0 Å². The summed E-state index contributed by atoms with van der Waals surface area (Å²) in [5.41, 5.74) is 1.14. The average molecular weight is 356 g/mol. The fourth-order valence-corrected chi connectivity index (χ4v) is 4.88. The highest BCUT2D eigenvalue weighted by Gasteiger charge is 2.42. The first-order valence-corrected chi connectivity index (χ1v) is 9.89. The largest absolute Gasteiger partial charge is 0.342 e. The van der Waals surface area contributed by atoms with Gasteiger partial charge in [0.25, 0.3) is 0 Å². The number of piperidine rings is 1. The average Bonchev–Trinajstić information content (AvgIpc) is 3.26. The fraction of sp³-hybridized carbons (Fsp3) is 0.526. The Bertz CT molecular complexity index is 705. The van der Waals surface area contributed by atoms with Crippen LogP contribution < -0.4 is 0 Å². The Hall–Kier alpha value is -1.79. The van der Waals surface area contributed by atoms with Crippen LogP contribution in [0, 0.1) is 5.41 Å². The first-order chi connectivity index (χ1) is 12.2. The molecule has 1 atom stereocenters. The van der Waals surface area contributed by atoms with E-state index in [1.807, 2.05) is 29.8 Å². The van der Waals surface area contributed by atoms with Gasteiger partial charge in [-0.15, -0.1) is 11.3 Å². The topological polar surface area (TPSA) is 49.3 Å². The van der Waals surface area contributed by atoms with Gasteiger partial charge in [-0.05, 0) is 37.9 Å². The van der Waals surface area contributed by atoms with E-state index in [1.54, 1.807) is 17.5 Å². The smallest absolute Gasteiger partial charge is 0.228 e. The van der Waals surface area contributed by atoms with E-state index in [9.17, 15) is 4.79 Å². The molecule has 0 radical (unpaired) electrons. The van der Waals surface area contributed by atoms with E-state index >= 15 is 0 Å². The van der Waals surface area contributed by atoms with Crippen LogP contribution in [0.2, 0.25) is 0 Å². The quantitative estimate of drug-likeness (QED) is 0.845. The van der Waals surface area contributed by atoms with Gasteiger partial charge in [-0.25, -0.2) is 4.98 Å². The van der Waals surface area contributed by atoms with Crippen molar-refractivity contribution in [2.24, 2.45) is 5.41 Å². The van der Waals surface area contributed by atoms with Crippen LogP contribution in [0.3, 0.4) is 0 Å². The minimum atomic E-state index is 0.215. The first-order valence-electron chi connectivity index (χ1n) is 9.01. The van der Waals surface area contributed by atoms with Crippen LogP contribution in [0.5, 0.6) is 0 Å². The molecule has 0 aliphatic carbocycles. The number of thiazole rings is 1. The molecule has 6 heteroatoms. The zero-order valence-electron chi connectivity index (χ0n) is 14.4. The van der Waals surface area contributed by atoms with E-state index < -0.39 is 0 Å². The van der Waals surface area contributed by atoms with Crippen LogP contribution in [0.25, 0.3) is 0 Å². The predicted octanol–water partition coefficient (Wildman–Crippen LogP) is 2.60. The molecule has 0 N–H and O–H groups in total. The van der Waals surface area contributed by atoms with Crippen molar-refractivity contribution in [3.63, 3.8) is 0 Å². The molecule has 0 unspecified atom stereocenters. The molecule has 1 amide bonds. The molecule has 25 heavy (non-hydrogen) atoms. The van der Waals surface area contributed by atoms with E-state index in [-0.39, 0.29) is 11.3 Å². The zero-order valence-corrected chi connectivity index (χ0v) is 15.2. The highest BCUT2D eigenvalue weighted by Crippen LogP contribution is 2.39. The van der Waals surface area contributed by atoms with Gasteiger partial charge in [0, 0.05) is 48.5 Å². The molecular weight excluding hydrogens is 332 g/mol. The maximum atomic E-state index is 12.6. The molecule has 2 aliphatic heterocycles. The third-order valence-electron chi connectivity index (χ3n) is 5.43. The van der Waals surface area contributed by atoms with E-state index in [4.69, 9.17) is 0 Å². The summed E-state index contributed by atoms with van der Waals surface area (Å²) in [6.45, 7) is 4.95. The molecule has 132 valence electrons. The maximum absolute atomic E-state index is 12.6. The number of hydrogen-bond donors (Lipinski definition) is 0. The monoisotopic (exact) mass is 356 g/mol. The summed E-state index contributed by atoms with van der Waals surface area (Å²) in [6, 6.07) is 5.76. The SMILES string of the molecule is O=C(Cc1ccccn1)N1CC[C@]2(CCCN(Cc3nccs3)C2)C1. The molecule has 1 spiro atoms. The summed E-state index contributed by atoms with van der Waals surface area (Å²) in [6.07, 6.45) is 7.62. The molecular formula is C19H24N4OS. The number of likely N-dealkylation sites (tertiary alicyclic amines) is 2. The summed E-state index contributed by atoms with van der Waals surface area (Å²) in [5.74, 6) is 0.215. The van der Waals surface area contributed by atoms with Gasteiger partial charge in [0.1, 0.15) is 5.01 Å². The molecule has 2 fully saturated rings. The van der Waals surface area contributed by atoms with Crippen LogP contribution in [0.1, 0.15) is 30.0 Å². The molecule has 2 aromatic rings. The molecule has 2 aromatic heterocycles. The van der Waals surface area contributed by atoms with Gasteiger partial charge in [0.2, 0.25) is 5.91 Å². The highest BCUT2D eigenvalue weighted by molar-refractivity contribution is 7.09. The summed E-state index contributed by atoms with van der Waals surface area (Å²) in [5, 5.41) is 3.24. The van der Waals surface area contributed by atoms with Gasteiger partial charge in [-0.1, -0.05) is 6.07 Å². The molecule has 0 aromatic carbocycles. The van der Waals surface area contributed by atoms with Gasteiger partial charge in [-0.3, -0.25) is 14.7 Å². The van der Waals surface area contributed by atoms with Crippen LogP contribution in [0.4, 0.5) is 0 Å². The maximum Gasteiger partial charge on any atom is 0.228 e. The number of pyridine rings is 1. The van der Waals surface area contributed by atoms with Crippen molar-refractivity contribution in [3.05, 3.63) is 46.7 Å². The van der Waals surface area contributed by atoms with Crippen molar-refractivity contribution in [2.75, 3.05) is 26.2 Å². The third-order valence-corrected chi connectivity index (χ3v) is 6.20. The van der Waals surface area contributed by atoms with Crippen molar-refractivity contribution < 1.29 is 4.79 Å². The molecule has 4 rings (SSSR count). The normalized spacial score (nSPS) is 24.1.